The van der Waals surface area contributed by atoms with Gasteiger partial charge in [0.25, 0.3) is 0 Å². The van der Waals surface area contributed by atoms with Crippen molar-refractivity contribution in [2.75, 3.05) is 0 Å². The van der Waals surface area contributed by atoms with Gasteiger partial charge in [-0.05, 0) is 38.1 Å². The van der Waals surface area contributed by atoms with Gasteiger partial charge in [0, 0.05) is 36.0 Å². The normalized spacial score (nSPS) is 12.3. The fourth-order valence-electron chi connectivity index (χ4n) is 2.64. The van der Waals surface area contributed by atoms with Gasteiger partial charge in [-0.2, -0.15) is 26.7 Å². The van der Waals surface area contributed by atoms with Crippen LogP contribution in [0.3, 0.4) is 0 Å². The first kappa shape index (κ1) is 22.5. The summed E-state index contributed by atoms with van der Waals surface area (Å²) in [4.78, 5) is 3.97. The highest BCUT2D eigenvalue weighted by Crippen LogP contribution is 2.39. The van der Waals surface area contributed by atoms with Gasteiger partial charge in [-0.1, -0.05) is 0 Å². The standard InChI is InChI=1S/C19H17F4N3O4S/c1-11(2)29-17-8-13(20)4-5-14(17)15-6-7-16(12-9-24-26(3)10-12)25-18(15)30-31(27,28)19(21,22)23/h4-11H,1-3H3. The lowest BCUT2D eigenvalue weighted by atomic mass is 10.0. The third-order valence-corrected chi connectivity index (χ3v) is 4.87. The van der Waals surface area contributed by atoms with Crippen molar-refractivity contribution in [1.82, 2.24) is 14.8 Å². The first-order chi connectivity index (χ1) is 14.4. The fraction of sp³-hybridized carbons (Fsp3) is 0.263. The molecule has 0 unspecified atom stereocenters. The van der Waals surface area contributed by atoms with E-state index in [1.54, 1.807) is 20.9 Å². The molecule has 2 aromatic heterocycles. The predicted molar refractivity (Wildman–Crippen MR) is 103 cm³/mol. The van der Waals surface area contributed by atoms with Crippen molar-refractivity contribution >= 4 is 10.1 Å². The van der Waals surface area contributed by atoms with Crippen LogP contribution in [0.15, 0.2) is 42.7 Å². The molecule has 1 aromatic carbocycles. The minimum atomic E-state index is -6.02. The fourth-order valence-corrected chi connectivity index (χ4v) is 3.07. The highest BCUT2D eigenvalue weighted by molar-refractivity contribution is 7.88. The topological polar surface area (TPSA) is 83.3 Å². The summed E-state index contributed by atoms with van der Waals surface area (Å²) < 4.78 is 87.3. The number of alkyl halides is 3. The molecule has 7 nitrogen and oxygen atoms in total. The van der Waals surface area contributed by atoms with E-state index in [1.807, 2.05) is 0 Å². The van der Waals surface area contributed by atoms with Crippen molar-refractivity contribution in [2.24, 2.45) is 7.05 Å². The molecule has 0 bridgehead atoms. The van der Waals surface area contributed by atoms with Crippen LogP contribution in [-0.2, 0) is 17.2 Å². The quantitative estimate of drug-likeness (QED) is 0.311. The van der Waals surface area contributed by atoms with E-state index in [-0.39, 0.29) is 22.6 Å². The second-order valence-electron chi connectivity index (χ2n) is 6.74. The van der Waals surface area contributed by atoms with Crippen molar-refractivity contribution in [3.8, 4) is 34.0 Å². The lowest BCUT2D eigenvalue weighted by Crippen LogP contribution is -2.28. The SMILES string of the molecule is CC(C)Oc1cc(F)ccc1-c1ccc(-c2cnn(C)c2)nc1OS(=O)(=O)C(F)(F)F. The largest absolute Gasteiger partial charge is 0.534 e. The highest BCUT2D eigenvalue weighted by atomic mass is 32.2. The van der Waals surface area contributed by atoms with Gasteiger partial charge >= 0.3 is 15.6 Å². The lowest BCUT2D eigenvalue weighted by molar-refractivity contribution is -0.0501. The van der Waals surface area contributed by atoms with E-state index in [0.717, 1.165) is 12.1 Å². The van der Waals surface area contributed by atoms with Crippen LogP contribution < -0.4 is 8.92 Å². The van der Waals surface area contributed by atoms with Gasteiger partial charge in [0.1, 0.15) is 11.6 Å². The molecule has 166 valence electrons. The molecule has 31 heavy (non-hydrogen) atoms. The molecule has 0 saturated heterocycles. The van der Waals surface area contributed by atoms with Crippen molar-refractivity contribution in [3.05, 3.63) is 48.5 Å². The number of ether oxygens (including phenoxy) is 1. The van der Waals surface area contributed by atoms with Crippen LogP contribution in [-0.4, -0.2) is 34.8 Å². The van der Waals surface area contributed by atoms with Gasteiger partial charge in [0.2, 0.25) is 5.88 Å². The van der Waals surface area contributed by atoms with E-state index in [9.17, 15) is 26.0 Å². The molecule has 0 saturated carbocycles. The Balaban J connectivity index is 2.21. The van der Waals surface area contributed by atoms with Crippen LogP contribution in [0.5, 0.6) is 11.6 Å². The highest BCUT2D eigenvalue weighted by Gasteiger charge is 2.49. The summed E-state index contributed by atoms with van der Waals surface area (Å²) in [6.45, 7) is 3.34. The molecule has 0 aliphatic carbocycles. The maximum atomic E-state index is 13.7. The van der Waals surface area contributed by atoms with E-state index in [2.05, 4.69) is 14.3 Å². The van der Waals surface area contributed by atoms with Crippen LogP contribution in [0.2, 0.25) is 0 Å². The third-order valence-electron chi connectivity index (χ3n) is 3.93. The Labute approximate surface area is 175 Å². The average molecular weight is 459 g/mol. The summed E-state index contributed by atoms with van der Waals surface area (Å²) in [6, 6.07) is 6.09. The number of nitrogens with zero attached hydrogens (tertiary/aromatic N) is 3. The van der Waals surface area contributed by atoms with E-state index in [4.69, 9.17) is 4.74 Å². The third kappa shape index (κ3) is 4.95. The van der Waals surface area contributed by atoms with Crippen molar-refractivity contribution < 1.29 is 34.9 Å². The van der Waals surface area contributed by atoms with E-state index in [0.29, 0.717) is 5.56 Å². The zero-order valence-corrected chi connectivity index (χ0v) is 17.3. The number of hydrogen-bond donors (Lipinski definition) is 0. The van der Waals surface area contributed by atoms with Crippen LogP contribution in [0.4, 0.5) is 17.6 Å². The Bertz CT molecular complexity index is 1210. The van der Waals surface area contributed by atoms with E-state index >= 15 is 0 Å². The molecule has 12 heteroatoms. The number of aryl methyl sites for hydroxylation is 1. The smallest absolute Gasteiger partial charge is 0.490 e. The number of benzene rings is 1. The minimum Gasteiger partial charge on any atom is -0.490 e. The van der Waals surface area contributed by atoms with Crippen molar-refractivity contribution in [1.29, 1.82) is 0 Å². The van der Waals surface area contributed by atoms with Gasteiger partial charge in [0.05, 0.1) is 18.0 Å². The van der Waals surface area contributed by atoms with Crippen molar-refractivity contribution in [2.45, 2.75) is 25.5 Å². The summed E-state index contributed by atoms with van der Waals surface area (Å²) in [6.07, 6.45) is 2.54. The molecule has 0 spiro atoms. The molecule has 2 heterocycles. The Hall–Kier alpha value is -3.15. The number of pyridine rings is 1. The first-order valence-electron chi connectivity index (χ1n) is 8.85. The predicted octanol–water partition coefficient (Wildman–Crippen LogP) is 4.30. The van der Waals surface area contributed by atoms with Gasteiger partial charge in [-0.3, -0.25) is 4.68 Å². The average Bonchev–Trinajstić information content (AvgIpc) is 3.07. The van der Waals surface area contributed by atoms with Crippen LogP contribution in [0.25, 0.3) is 22.4 Å². The Morgan fingerprint density at radius 2 is 1.77 bits per heavy atom. The first-order valence-corrected chi connectivity index (χ1v) is 10.3. The molecule has 0 aliphatic rings. The number of rotatable bonds is 6. The molecular formula is C19H17F4N3O4S. The van der Waals surface area contributed by atoms with Gasteiger partial charge < -0.3 is 8.92 Å². The van der Waals surface area contributed by atoms with Gasteiger partial charge in [-0.15, -0.1) is 0 Å². The maximum Gasteiger partial charge on any atom is 0.534 e. The number of aromatic nitrogens is 3. The van der Waals surface area contributed by atoms with Crippen LogP contribution >= 0.6 is 0 Å². The van der Waals surface area contributed by atoms with Crippen molar-refractivity contribution in [3.63, 3.8) is 0 Å². The molecule has 0 N–H and O–H groups in total. The Kier molecular flexibility index (Phi) is 5.94. The molecule has 3 rings (SSSR count). The number of hydrogen-bond acceptors (Lipinski definition) is 6. The summed E-state index contributed by atoms with van der Waals surface area (Å²) in [5, 5.41) is 3.95. The van der Waals surface area contributed by atoms with Crippen LogP contribution in [0, 0.1) is 5.82 Å². The van der Waals surface area contributed by atoms with E-state index in [1.165, 1.54) is 35.3 Å². The molecule has 0 radical (unpaired) electrons. The Morgan fingerprint density at radius 1 is 1.10 bits per heavy atom. The molecule has 0 fully saturated rings. The zero-order chi connectivity index (χ0) is 23.0. The molecule has 0 atom stereocenters. The lowest BCUT2D eigenvalue weighted by Gasteiger charge is -2.17. The Morgan fingerprint density at radius 3 is 2.35 bits per heavy atom. The molecule has 0 amide bonds. The summed E-state index contributed by atoms with van der Waals surface area (Å²) in [5.41, 5.74) is -5.15. The molecule has 0 aliphatic heterocycles. The summed E-state index contributed by atoms with van der Waals surface area (Å²) in [7, 11) is -4.39. The summed E-state index contributed by atoms with van der Waals surface area (Å²) >= 11 is 0. The molecule has 3 aromatic rings. The summed E-state index contributed by atoms with van der Waals surface area (Å²) in [5.74, 6) is -1.50. The number of halogens is 4. The molecular weight excluding hydrogens is 442 g/mol. The maximum absolute atomic E-state index is 13.7. The second kappa shape index (κ2) is 8.17. The van der Waals surface area contributed by atoms with E-state index < -0.39 is 33.4 Å². The van der Waals surface area contributed by atoms with Crippen LogP contribution in [0.1, 0.15) is 13.8 Å². The second-order valence-corrected chi connectivity index (χ2v) is 8.28. The van der Waals surface area contributed by atoms with Gasteiger partial charge in [0.15, 0.2) is 0 Å². The monoisotopic (exact) mass is 459 g/mol. The van der Waals surface area contributed by atoms with Gasteiger partial charge in [-0.25, -0.2) is 9.37 Å². The minimum absolute atomic E-state index is 0.0137. The zero-order valence-electron chi connectivity index (χ0n) is 16.5.